The number of benzene rings is 1. The number of nitrogens with zero attached hydrogens (tertiary/aromatic N) is 1. The highest BCUT2D eigenvalue weighted by molar-refractivity contribution is 5.90. The molecule has 0 bridgehead atoms. The summed E-state index contributed by atoms with van der Waals surface area (Å²) in [5.41, 5.74) is 4.65. The maximum Gasteiger partial charge on any atom is 0.0713 e. The molecule has 18 heavy (non-hydrogen) atoms. The minimum Gasteiger partial charge on any atom is -0.384 e. The first-order chi connectivity index (χ1) is 8.72. The topological polar surface area (TPSA) is 22.1 Å². The van der Waals surface area contributed by atoms with Crippen molar-refractivity contribution in [1.29, 1.82) is 0 Å². The van der Waals surface area contributed by atoms with Crippen molar-refractivity contribution in [1.82, 2.24) is 4.98 Å². The van der Waals surface area contributed by atoms with Crippen molar-refractivity contribution in [3.63, 3.8) is 0 Å². The van der Waals surface area contributed by atoms with Gasteiger partial charge in [0, 0.05) is 24.8 Å². The van der Waals surface area contributed by atoms with Gasteiger partial charge in [-0.1, -0.05) is 24.3 Å². The van der Waals surface area contributed by atoms with Gasteiger partial charge in [0.1, 0.15) is 0 Å². The second-order valence-electron chi connectivity index (χ2n) is 4.51. The summed E-state index contributed by atoms with van der Waals surface area (Å²) >= 11 is 0. The molecule has 0 radical (unpaired) electrons. The Bertz CT molecular complexity index is 573. The zero-order valence-corrected chi connectivity index (χ0v) is 11.2. The molecule has 0 N–H and O–H groups in total. The van der Waals surface area contributed by atoms with Crippen LogP contribution >= 0.6 is 0 Å². The van der Waals surface area contributed by atoms with E-state index in [1.807, 2.05) is 6.92 Å². The molecule has 2 rings (SSSR count). The third-order valence-electron chi connectivity index (χ3n) is 2.98. The highest BCUT2D eigenvalue weighted by Gasteiger charge is 2.03. The van der Waals surface area contributed by atoms with E-state index in [0.717, 1.165) is 24.2 Å². The largest absolute Gasteiger partial charge is 0.384 e. The Morgan fingerprint density at radius 2 is 2.11 bits per heavy atom. The summed E-state index contributed by atoms with van der Waals surface area (Å²) in [5, 5.41) is 1.25. The van der Waals surface area contributed by atoms with Crippen molar-refractivity contribution in [2.75, 3.05) is 13.7 Å². The molecular weight excluding hydrogens is 222 g/mol. The monoisotopic (exact) mass is 241 g/mol. The average molecular weight is 241 g/mol. The Hall–Kier alpha value is -1.67. The molecule has 2 aromatic rings. The molecule has 0 aliphatic heterocycles. The van der Waals surface area contributed by atoms with Crippen molar-refractivity contribution < 1.29 is 4.74 Å². The first-order valence-electron chi connectivity index (χ1n) is 6.25. The van der Waals surface area contributed by atoms with Crippen LogP contribution in [0.4, 0.5) is 0 Å². The van der Waals surface area contributed by atoms with Gasteiger partial charge in [0.05, 0.1) is 5.52 Å². The summed E-state index contributed by atoms with van der Waals surface area (Å²) in [6.07, 6.45) is 5.24. The molecule has 0 aliphatic carbocycles. The van der Waals surface area contributed by atoms with E-state index >= 15 is 0 Å². The summed E-state index contributed by atoms with van der Waals surface area (Å²) in [6, 6.07) is 8.40. The quantitative estimate of drug-likeness (QED) is 0.757. The van der Waals surface area contributed by atoms with Gasteiger partial charge in [-0.05, 0) is 43.5 Å². The van der Waals surface area contributed by atoms with Gasteiger partial charge in [-0.15, -0.1) is 0 Å². The van der Waals surface area contributed by atoms with E-state index in [-0.39, 0.29) is 0 Å². The van der Waals surface area contributed by atoms with Crippen LogP contribution in [-0.2, 0) is 4.74 Å². The molecule has 2 heteroatoms. The number of rotatable bonds is 4. The van der Waals surface area contributed by atoms with Gasteiger partial charge in [-0.3, -0.25) is 4.98 Å². The van der Waals surface area contributed by atoms with Crippen LogP contribution in [0.25, 0.3) is 17.0 Å². The van der Waals surface area contributed by atoms with E-state index in [1.165, 1.54) is 16.5 Å². The molecule has 2 nitrogen and oxygen atoms in total. The van der Waals surface area contributed by atoms with E-state index in [2.05, 4.69) is 48.3 Å². The molecule has 0 saturated heterocycles. The van der Waals surface area contributed by atoms with Crippen LogP contribution in [0.3, 0.4) is 0 Å². The number of methoxy groups -OCH3 is 1. The molecule has 1 aromatic carbocycles. The lowest BCUT2D eigenvalue weighted by Crippen LogP contribution is -1.90. The van der Waals surface area contributed by atoms with Crippen LogP contribution in [0.1, 0.15) is 23.2 Å². The Kier molecular flexibility index (Phi) is 4.11. The number of aromatic nitrogens is 1. The predicted molar refractivity (Wildman–Crippen MR) is 76.7 cm³/mol. The lowest BCUT2D eigenvalue weighted by molar-refractivity contribution is 0.204. The Labute approximate surface area is 108 Å². The van der Waals surface area contributed by atoms with Crippen molar-refractivity contribution in [3.8, 4) is 0 Å². The zero-order chi connectivity index (χ0) is 13.0. The average Bonchev–Trinajstić information content (AvgIpc) is 2.34. The summed E-state index contributed by atoms with van der Waals surface area (Å²) in [6.45, 7) is 4.94. The molecule has 1 aromatic heterocycles. The number of hydrogen-bond acceptors (Lipinski definition) is 2. The molecule has 0 aliphatic rings. The Morgan fingerprint density at radius 3 is 2.89 bits per heavy atom. The van der Waals surface area contributed by atoms with Gasteiger partial charge in [0.25, 0.3) is 0 Å². The van der Waals surface area contributed by atoms with Gasteiger partial charge in [0.2, 0.25) is 0 Å². The Balaban J connectivity index is 2.42. The molecule has 0 spiro atoms. The van der Waals surface area contributed by atoms with Crippen LogP contribution < -0.4 is 0 Å². The second-order valence-corrected chi connectivity index (χ2v) is 4.51. The van der Waals surface area contributed by atoms with Crippen molar-refractivity contribution in [3.05, 3.63) is 47.2 Å². The van der Waals surface area contributed by atoms with Crippen LogP contribution in [-0.4, -0.2) is 18.7 Å². The number of hydrogen-bond donors (Lipinski definition) is 0. The van der Waals surface area contributed by atoms with E-state index in [9.17, 15) is 0 Å². The lowest BCUT2D eigenvalue weighted by Gasteiger charge is -2.07. The van der Waals surface area contributed by atoms with Gasteiger partial charge in [-0.25, -0.2) is 0 Å². The fourth-order valence-electron chi connectivity index (χ4n) is 2.22. The first kappa shape index (κ1) is 12.8. The molecule has 0 unspecified atom stereocenters. The maximum atomic E-state index is 5.04. The first-order valence-corrected chi connectivity index (χ1v) is 6.25. The Morgan fingerprint density at radius 1 is 1.28 bits per heavy atom. The second kappa shape index (κ2) is 5.78. The number of fused-ring (bicyclic) bond motifs is 1. The van der Waals surface area contributed by atoms with Crippen LogP contribution in [0.2, 0.25) is 0 Å². The molecule has 0 fully saturated rings. The molecular formula is C16H19NO. The highest BCUT2D eigenvalue weighted by atomic mass is 16.5. The fraction of sp³-hybridized carbons (Fsp3) is 0.312. The van der Waals surface area contributed by atoms with Crippen molar-refractivity contribution in [2.45, 2.75) is 20.3 Å². The normalized spacial score (nSPS) is 11.5. The van der Waals surface area contributed by atoms with E-state index in [4.69, 9.17) is 4.74 Å². The molecule has 1 heterocycles. The lowest BCUT2D eigenvalue weighted by atomic mass is 10.0. The predicted octanol–water partition coefficient (Wildman–Crippen LogP) is 3.90. The number of aryl methyl sites for hydroxylation is 2. The van der Waals surface area contributed by atoms with Crippen LogP contribution in [0.5, 0.6) is 0 Å². The standard InChI is InChI=1S/C16H19NO/c1-12-11-13(2)17-15-9-6-8-14(16(12)15)7-4-5-10-18-3/h4,6-9,11H,5,10H2,1-3H3/b7-4+. The van der Waals surface area contributed by atoms with E-state index in [0.29, 0.717) is 0 Å². The van der Waals surface area contributed by atoms with Gasteiger partial charge in [0.15, 0.2) is 0 Å². The highest BCUT2D eigenvalue weighted by Crippen LogP contribution is 2.23. The van der Waals surface area contributed by atoms with E-state index < -0.39 is 0 Å². The summed E-state index contributed by atoms with van der Waals surface area (Å²) in [7, 11) is 1.72. The van der Waals surface area contributed by atoms with Gasteiger partial charge < -0.3 is 4.74 Å². The maximum absolute atomic E-state index is 5.04. The summed E-state index contributed by atoms with van der Waals surface area (Å²) < 4.78 is 5.04. The smallest absolute Gasteiger partial charge is 0.0713 e. The van der Waals surface area contributed by atoms with Gasteiger partial charge >= 0.3 is 0 Å². The van der Waals surface area contributed by atoms with Crippen LogP contribution in [0, 0.1) is 13.8 Å². The number of pyridine rings is 1. The minimum atomic E-state index is 0.762. The number of ether oxygens (including phenoxy) is 1. The SMILES string of the molecule is COCC/C=C/c1cccc2nc(C)cc(C)c12. The van der Waals surface area contributed by atoms with Gasteiger partial charge in [-0.2, -0.15) is 0 Å². The third-order valence-corrected chi connectivity index (χ3v) is 2.98. The summed E-state index contributed by atoms with van der Waals surface area (Å²) in [4.78, 5) is 4.58. The molecule has 0 saturated carbocycles. The van der Waals surface area contributed by atoms with Crippen LogP contribution in [0.15, 0.2) is 30.3 Å². The fourth-order valence-corrected chi connectivity index (χ4v) is 2.22. The third kappa shape index (κ3) is 2.77. The molecule has 0 atom stereocenters. The molecule has 0 amide bonds. The van der Waals surface area contributed by atoms with Crippen molar-refractivity contribution in [2.24, 2.45) is 0 Å². The summed E-state index contributed by atoms with van der Waals surface area (Å²) in [5.74, 6) is 0. The van der Waals surface area contributed by atoms with Crippen molar-refractivity contribution >= 4 is 17.0 Å². The molecule has 94 valence electrons. The van der Waals surface area contributed by atoms with E-state index in [1.54, 1.807) is 7.11 Å². The minimum absolute atomic E-state index is 0.762. The zero-order valence-electron chi connectivity index (χ0n) is 11.2.